The highest BCUT2D eigenvalue weighted by Gasteiger charge is 2.29. The molecular formula is C17H12ClNO3. The summed E-state index contributed by atoms with van der Waals surface area (Å²) >= 11 is 5.71. The molecule has 0 fully saturated rings. The van der Waals surface area contributed by atoms with Crippen LogP contribution in [0.25, 0.3) is 0 Å². The van der Waals surface area contributed by atoms with Gasteiger partial charge in [-0.05, 0) is 25.1 Å². The Morgan fingerprint density at radius 2 is 1.50 bits per heavy atom. The predicted molar refractivity (Wildman–Crippen MR) is 83.7 cm³/mol. The van der Waals surface area contributed by atoms with Crippen molar-refractivity contribution in [2.45, 2.75) is 12.3 Å². The summed E-state index contributed by atoms with van der Waals surface area (Å²) in [7, 11) is 0. The highest BCUT2D eigenvalue weighted by molar-refractivity contribution is 6.32. The van der Waals surface area contributed by atoms with Crippen LogP contribution < -0.4 is 5.32 Å². The first kappa shape index (κ1) is 14.5. The van der Waals surface area contributed by atoms with Gasteiger partial charge in [0.25, 0.3) is 0 Å². The lowest BCUT2D eigenvalue weighted by Gasteiger charge is -2.18. The standard InChI is InChI=1S/C17H12ClNO3/c1-9(18)17(22)19-10-6-7-13-14(8-10)16(21)12-5-3-2-4-11(12)15(13)20/h2-9H,1H3,(H,19,22). The maximum atomic E-state index is 12.5. The summed E-state index contributed by atoms with van der Waals surface area (Å²) in [6, 6.07) is 11.4. The van der Waals surface area contributed by atoms with Crippen LogP contribution in [0.2, 0.25) is 0 Å². The number of nitrogens with one attached hydrogen (secondary N) is 1. The number of ketones is 2. The van der Waals surface area contributed by atoms with Crippen LogP contribution >= 0.6 is 11.6 Å². The summed E-state index contributed by atoms with van der Waals surface area (Å²) < 4.78 is 0. The first-order valence-corrected chi connectivity index (χ1v) is 7.20. The minimum atomic E-state index is -0.686. The van der Waals surface area contributed by atoms with E-state index in [2.05, 4.69) is 5.32 Å². The number of carbonyl (C=O) groups excluding carboxylic acids is 3. The average Bonchev–Trinajstić information content (AvgIpc) is 2.52. The van der Waals surface area contributed by atoms with E-state index in [1.807, 2.05) is 0 Å². The third-order valence-electron chi connectivity index (χ3n) is 3.55. The van der Waals surface area contributed by atoms with Gasteiger partial charge in [0.05, 0.1) is 0 Å². The monoisotopic (exact) mass is 313 g/mol. The van der Waals surface area contributed by atoms with Crippen molar-refractivity contribution in [3.63, 3.8) is 0 Å². The van der Waals surface area contributed by atoms with Gasteiger partial charge in [0, 0.05) is 27.9 Å². The number of amides is 1. The van der Waals surface area contributed by atoms with Crippen LogP contribution in [0.15, 0.2) is 42.5 Å². The largest absolute Gasteiger partial charge is 0.325 e. The maximum absolute atomic E-state index is 12.5. The Kier molecular flexibility index (Phi) is 3.54. The van der Waals surface area contributed by atoms with Crippen molar-refractivity contribution >= 4 is 34.8 Å². The Labute approximate surface area is 132 Å². The van der Waals surface area contributed by atoms with Gasteiger partial charge in [-0.3, -0.25) is 14.4 Å². The van der Waals surface area contributed by atoms with Crippen molar-refractivity contribution in [2.24, 2.45) is 0 Å². The van der Waals surface area contributed by atoms with Crippen molar-refractivity contribution in [3.8, 4) is 0 Å². The van der Waals surface area contributed by atoms with Crippen LogP contribution in [0.5, 0.6) is 0 Å². The van der Waals surface area contributed by atoms with Crippen LogP contribution in [0.4, 0.5) is 5.69 Å². The first-order chi connectivity index (χ1) is 10.5. The molecule has 1 atom stereocenters. The SMILES string of the molecule is CC(Cl)C(=O)Nc1ccc2c(c1)C(=O)c1ccccc1C2=O. The van der Waals surface area contributed by atoms with E-state index in [-0.39, 0.29) is 17.5 Å². The Balaban J connectivity index is 2.04. The van der Waals surface area contributed by atoms with E-state index < -0.39 is 5.38 Å². The van der Waals surface area contributed by atoms with Crippen molar-refractivity contribution in [3.05, 3.63) is 64.7 Å². The third-order valence-corrected chi connectivity index (χ3v) is 3.75. The fourth-order valence-corrected chi connectivity index (χ4v) is 2.47. The first-order valence-electron chi connectivity index (χ1n) is 6.76. The average molecular weight is 314 g/mol. The Hall–Kier alpha value is -2.46. The molecule has 0 radical (unpaired) electrons. The van der Waals surface area contributed by atoms with Crippen molar-refractivity contribution < 1.29 is 14.4 Å². The zero-order valence-corrected chi connectivity index (χ0v) is 12.5. The zero-order valence-electron chi connectivity index (χ0n) is 11.7. The fourth-order valence-electron chi connectivity index (χ4n) is 2.42. The molecule has 1 N–H and O–H groups in total. The molecular weight excluding hydrogens is 302 g/mol. The number of rotatable bonds is 2. The number of fused-ring (bicyclic) bond motifs is 2. The molecule has 1 amide bonds. The molecule has 0 saturated carbocycles. The Morgan fingerprint density at radius 3 is 2.09 bits per heavy atom. The number of alkyl halides is 1. The van der Waals surface area contributed by atoms with Crippen molar-refractivity contribution in [1.29, 1.82) is 0 Å². The van der Waals surface area contributed by atoms with Gasteiger partial charge in [-0.2, -0.15) is 0 Å². The highest BCUT2D eigenvalue weighted by atomic mass is 35.5. The third kappa shape index (κ3) is 2.31. The Morgan fingerprint density at radius 1 is 0.955 bits per heavy atom. The molecule has 0 aromatic heterocycles. The molecule has 2 aromatic carbocycles. The summed E-state index contributed by atoms with van der Waals surface area (Å²) in [6.07, 6.45) is 0. The van der Waals surface area contributed by atoms with Crippen LogP contribution in [-0.2, 0) is 4.79 Å². The van der Waals surface area contributed by atoms with Crippen molar-refractivity contribution in [2.75, 3.05) is 5.32 Å². The quantitative estimate of drug-likeness (QED) is 0.740. The molecule has 0 saturated heterocycles. The number of benzene rings is 2. The highest BCUT2D eigenvalue weighted by Crippen LogP contribution is 2.29. The summed E-state index contributed by atoms with van der Waals surface area (Å²) in [6.45, 7) is 1.56. The molecule has 0 heterocycles. The molecule has 110 valence electrons. The summed E-state index contributed by atoms with van der Waals surface area (Å²) in [5.74, 6) is -0.773. The lowest BCUT2D eigenvalue weighted by atomic mass is 9.84. The van der Waals surface area contributed by atoms with Crippen LogP contribution in [-0.4, -0.2) is 22.9 Å². The van der Waals surface area contributed by atoms with Gasteiger partial charge in [0.1, 0.15) is 5.38 Å². The smallest absolute Gasteiger partial charge is 0.242 e. The number of anilines is 1. The molecule has 1 aliphatic carbocycles. The van der Waals surface area contributed by atoms with Crippen LogP contribution in [0.3, 0.4) is 0 Å². The van der Waals surface area contributed by atoms with Crippen LogP contribution in [0, 0.1) is 0 Å². The summed E-state index contributed by atoms with van der Waals surface area (Å²) in [5.41, 5.74) is 1.88. The Bertz CT molecular complexity index is 811. The van der Waals surface area contributed by atoms with Crippen molar-refractivity contribution in [1.82, 2.24) is 0 Å². The predicted octanol–water partition coefficient (Wildman–Crippen LogP) is 3.03. The molecule has 0 spiro atoms. The fraction of sp³-hybridized carbons (Fsp3) is 0.118. The molecule has 0 bridgehead atoms. The molecule has 2 aromatic rings. The van der Waals surface area contributed by atoms with E-state index in [0.717, 1.165) is 0 Å². The molecule has 1 unspecified atom stereocenters. The molecule has 5 heteroatoms. The van der Waals surface area contributed by atoms with Gasteiger partial charge in [-0.1, -0.05) is 24.3 Å². The number of hydrogen-bond acceptors (Lipinski definition) is 3. The number of carbonyl (C=O) groups is 3. The molecule has 4 nitrogen and oxygen atoms in total. The van der Waals surface area contributed by atoms with Gasteiger partial charge in [-0.15, -0.1) is 11.6 Å². The second-order valence-corrected chi connectivity index (χ2v) is 5.72. The number of hydrogen-bond donors (Lipinski definition) is 1. The molecule has 0 aliphatic heterocycles. The van der Waals surface area contributed by atoms with E-state index in [1.54, 1.807) is 43.3 Å². The topological polar surface area (TPSA) is 63.2 Å². The van der Waals surface area contributed by atoms with E-state index in [0.29, 0.717) is 27.9 Å². The van der Waals surface area contributed by atoms with Gasteiger partial charge in [-0.25, -0.2) is 0 Å². The van der Waals surface area contributed by atoms with Gasteiger partial charge >= 0.3 is 0 Å². The molecule has 22 heavy (non-hydrogen) atoms. The summed E-state index contributed by atoms with van der Waals surface area (Å²) in [5, 5.41) is 1.93. The lowest BCUT2D eigenvalue weighted by Crippen LogP contribution is -2.23. The molecule has 1 aliphatic rings. The minimum absolute atomic E-state index is 0.186. The van der Waals surface area contributed by atoms with E-state index in [1.165, 1.54) is 6.07 Å². The lowest BCUT2D eigenvalue weighted by molar-refractivity contribution is -0.115. The van der Waals surface area contributed by atoms with Gasteiger partial charge < -0.3 is 5.32 Å². The maximum Gasteiger partial charge on any atom is 0.242 e. The van der Waals surface area contributed by atoms with Gasteiger partial charge in [0.2, 0.25) is 5.91 Å². The van der Waals surface area contributed by atoms with E-state index >= 15 is 0 Å². The van der Waals surface area contributed by atoms with E-state index in [4.69, 9.17) is 11.6 Å². The van der Waals surface area contributed by atoms with Gasteiger partial charge in [0.15, 0.2) is 11.6 Å². The second kappa shape index (κ2) is 5.39. The number of halogens is 1. The second-order valence-electron chi connectivity index (χ2n) is 5.07. The molecule has 3 rings (SSSR count). The van der Waals surface area contributed by atoms with Crippen LogP contribution in [0.1, 0.15) is 38.8 Å². The summed E-state index contributed by atoms with van der Waals surface area (Å²) in [4.78, 5) is 36.6. The zero-order chi connectivity index (χ0) is 15.9. The minimum Gasteiger partial charge on any atom is -0.325 e. The normalized spacial score (nSPS) is 14.1. The van der Waals surface area contributed by atoms with E-state index in [9.17, 15) is 14.4 Å².